The zero-order valence-corrected chi connectivity index (χ0v) is 12.5. The zero-order valence-electron chi connectivity index (χ0n) is 12.5. The molecule has 0 aliphatic heterocycles. The van der Waals surface area contributed by atoms with Gasteiger partial charge < -0.3 is 9.67 Å². The van der Waals surface area contributed by atoms with E-state index in [1.807, 2.05) is 24.3 Å². The summed E-state index contributed by atoms with van der Waals surface area (Å²) in [5.41, 5.74) is 2.35. The fraction of sp³-hybridized carbons (Fsp3) is 0.278. The molecule has 0 saturated heterocycles. The number of rotatable bonds is 4. The second-order valence-electron chi connectivity index (χ2n) is 5.87. The van der Waals surface area contributed by atoms with Crippen LogP contribution in [0.1, 0.15) is 25.2 Å². The summed E-state index contributed by atoms with van der Waals surface area (Å²) in [6, 6.07) is 18.4. The summed E-state index contributed by atoms with van der Waals surface area (Å²) >= 11 is 0. The predicted octanol–water partition coefficient (Wildman–Crippen LogP) is 3.51. The van der Waals surface area contributed by atoms with Crippen molar-refractivity contribution in [3.8, 4) is 0 Å². The molecule has 0 radical (unpaired) electrons. The van der Waals surface area contributed by atoms with E-state index in [1.54, 1.807) is 13.8 Å². The van der Waals surface area contributed by atoms with Crippen LogP contribution in [0.25, 0.3) is 11.0 Å². The number of imidazole rings is 1. The van der Waals surface area contributed by atoms with Gasteiger partial charge in [-0.25, -0.2) is 4.98 Å². The Morgan fingerprint density at radius 1 is 1.00 bits per heavy atom. The van der Waals surface area contributed by atoms with Crippen molar-refractivity contribution in [3.05, 3.63) is 66.0 Å². The van der Waals surface area contributed by atoms with Gasteiger partial charge in [0.05, 0.1) is 11.0 Å². The molecule has 0 bridgehead atoms. The molecule has 0 spiro atoms. The third kappa shape index (κ3) is 2.83. The summed E-state index contributed by atoms with van der Waals surface area (Å²) < 4.78 is 2.13. The minimum Gasteiger partial charge on any atom is -0.383 e. The Labute approximate surface area is 124 Å². The van der Waals surface area contributed by atoms with E-state index in [-0.39, 0.29) is 0 Å². The first-order valence-corrected chi connectivity index (χ1v) is 7.28. The molecule has 3 aromatic rings. The van der Waals surface area contributed by atoms with Crippen molar-refractivity contribution in [1.82, 2.24) is 9.55 Å². The molecule has 0 unspecified atom stereocenters. The van der Waals surface area contributed by atoms with E-state index < -0.39 is 5.60 Å². The maximum absolute atomic E-state index is 10.4. The molecule has 0 amide bonds. The number of aryl methyl sites for hydroxylation is 2. The van der Waals surface area contributed by atoms with E-state index in [0.717, 1.165) is 29.8 Å². The van der Waals surface area contributed by atoms with E-state index in [1.165, 1.54) is 5.56 Å². The molecule has 0 saturated carbocycles. The minimum absolute atomic E-state index is 0.722. The van der Waals surface area contributed by atoms with E-state index in [0.29, 0.717) is 0 Å². The summed E-state index contributed by atoms with van der Waals surface area (Å²) in [6.45, 7) is 4.38. The molecule has 1 N–H and O–H groups in total. The zero-order chi connectivity index (χ0) is 14.9. The molecule has 3 nitrogen and oxygen atoms in total. The van der Waals surface area contributed by atoms with Crippen LogP contribution in [-0.2, 0) is 18.6 Å². The molecular formula is C18H20N2O. The third-order valence-corrected chi connectivity index (χ3v) is 3.67. The number of hydrogen-bond donors (Lipinski definition) is 1. The van der Waals surface area contributed by atoms with Crippen LogP contribution in [0, 0.1) is 0 Å². The number of fused-ring (bicyclic) bond motifs is 1. The summed E-state index contributed by atoms with van der Waals surface area (Å²) in [6.07, 6.45) is 0.921. The van der Waals surface area contributed by atoms with Gasteiger partial charge in [-0.2, -0.15) is 0 Å². The lowest BCUT2D eigenvalue weighted by molar-refractivity contribution is 0.0652. The monoisotopic (exact) mass is 280 g/mol. The molecule has 108 valence electrons. The van der Waals surface area contributed by atoms with Gasteiger partial charge in [0.15, 0.2) is 0 Å². The SMILES string of the molecule is CC(C)(O)c1nc2ccccc2n1CCc1ccccc1. The number of aromatic nitrogens is 2. The fourth-order valence-corrected chi connectivity index (χ4v) is 2.65. The summed E-state index contributed by atoms with van der Waals surface area (Å²) in [7, 11) is 0. The molecule has 0 atom stereocenters. The van der Waals surface area contributed by atoms with E-state index in [4.69, 9.17) is 0 Å². The Morgan fingerprint density at radius 2 is 1.67 bits per heavy atom. The molecule has 1 aromatic heterocycles. The second-order valence-corrected chi connectivity index (χ2v) is 5.87. The van der Waals surface area contributed by atoms with Gasteiger partial charge in [-0.3, -0.25) is 0 Å². The van der Waals surface area contributed by atoms with Crippen molar-refractivity contribution in [1.29, 1.82) is 0 Å². The smallest absolute Gasteiger partial charge is 0.141 e. The maximum atomic E-state index is 10.4. The first-order valence-electron chi connectivity index (χ1n) is 7.28. The minimum atomic E-state index is -0.949. The number of hydrogen-bond acceptors (Lipinski definition) is 2. The Kier molecular flexibility index (Phi) is 3.52. The Bertz CT molecular complexity index is 739. The van der Waals surface area contributed by atoms with Crippen molar-refractivity contribution < 1.29 is 5.11 Å². The summed E-state index contributed by atoms with van der Waals surface area (Å²) in [5.74, 6) is 0.722. The van der Waals surface area contributed by atoms with Crippen LogP contribution in [0.3, 0.4) is 0 Å². The number of nitrogens with zero attached hydrogens (tertiary/aromatic N) is 2. The summed E-state index contributed by atoms with van der Waals surface area (Å²) in [4.78, 5) is 4.61. The average molecular weight is 280 g/mol. The van der Waals surface area contributed by atoms with Crippen molar-refractivity contribution in [2.45, 2.75) is 32.4 Å². The van der Waals surface area contributed by atoms with Gasteiger partial charge in [0.25, 0.3) is 0 Å². The molecule has 0 aliphatic rings. The molecule has 21 heavy (non-hydrogen) atoms. The largest absolute Gasteiger partial charge is 0.383 e. The molecule has 3 heteroatoms. The highest BCUT2D eigenvalue weighted by Gasteiger charge is 2.24. The molecular weight excluding hydrogens is 260 g/mol. The van der Waals surface area contributed by atoms with Gasteiger partial charge >= 0.3 is 0 Å². The van der Waals surface area contributed by atoms with Gasteiger partial charge in [0.2, 0.25) is 0 Å². The van der Waals surface area contributed by atoms with Crippen LogP contribution < -0.4 is 0 Å². The van der Waals surface area contributed by atoms with Gasteiger partial charge in [-0.1, -0.05) is 42.5 Å². The van der Waals surface area contributed by atoms with Crippen molar-refractivity contribution in [2.75, 3.05) is 0 Å². The van der Waals surface area contributed by atoms with Crippen LogP contribution in [-0.4, -0.2) is 14.7 Å². The van der Waals surface area contributed by atoms with Gasteiger partial charge in [0, 0.05) is 6.54 Å². The first-order chi connectivity index (χ1) is 10.1. The van der Waals surface area contributed by atoms with Crippen molar-refractivity contribution >= 4 is 11.0 Å². The lowest BCUT2D eigenvalue weighted by Crippen LogP contribution is -2.22. The lowest BCUT2D eigenvalue weighted by atomic mass is 10.1. The maximum Gasteiger partial charge on any atom is 0.141 e. The van der Waals surface area contributed by atoms with Crippen molar-refractivity contribution in [3.63, 3.8) is 0 Å². The standard InChI is InChI=1S/C18H20N2O/c1-18(2,21)17-19-15-10-6-7-11-16(15)20(17)13-12-14-8-4-3-5-9-14/h3-11,21H,12-13H2,1-2H3. The third-order valence-electron chi connectivity index (χ3n) is 3.67. The highest BCUT2D eigenvalue weighted by molar-refractivity contribution is 5.76. The van der Waals surface area contributed by atoms with E-state index in [2.05, 4.69) is 39.9 Å². The topological polar surface area (TPSA) is 38.1 Å². The van der Waals surface area contributed by atoms with Crippen LogP contribution in [0.15, 0.2) is 54.6 Å². The van der Waals surface area contributed by atoms with Crippen LogP contribution in [0.2, 0.25) is 0 Å². The number of benzene rings is 2. The van der Waals surface area contributed by atoms with Gasteiger partial charge in [0.1, 0.15) is 11.4 Å². The predicted molar refractivity (Wildman–Crippen MR) is 85.1 cm³/mol. The Morgan fingerprint density at radius 3 is 2.38 bits per heavy atom. The normalized spacial score (nSPS) is 12.0. The molecule has 3 rings (SSSR count). The Balaban J connectivity index is 1.99. The first kappa shape index (κ1) is 13.8. The van der Waals surface area contributed by atoms with Crippen LogP contribution >= 0.6 is 0 Å². The highest BCUT2D eigenvalue weighted by Crippen LogP contribution is 2.25. The van der Waals surface area contributed by atoms with Gasteiger partial charge in [-0.15, -0.1) is 0 Å². The molecule has 0 aliphatic carbocycles. The fourth-order valence-electron chi connectivity index (χ4n) is 2.65. The highest BCUT2D eigenvalue weighted by atomic mass is 16.3. The average Bonchev–Trinajstić information content (AvgIpc) is 2.85. The van der Waals surface area contributed by atoms with Crippen molar-refractivity contribution in [2.24, 2.45) is 0 Å². The quantitative estimate of drug-likeness (QED) is 0.794. The molecule has 1 heterocycles. The van der Waals surface area contributed by atoms with E-state index in [9.17, 15) is 5.11 Å². The number of aliphatic hydroxyl groups is 1. The second kappa shape index (κ2) is 5.34. The summed E-state index contributed by atoms with van der Waals surface area (Å²) in [5, 5.41) is 10.4. The van der Waals surface area contributed by atoms with E-state index >= 15 is 0 Å². The molecule has 2 aromatic carbocycles. The Hall–Kier alpha value is -2.13. The molecule has 0 fully saturated rings. The lowest BCUT2D eigenvalue weighted by Gasteiger charge is -2.19. The number of para-hydroxylation sites is 2. The van der Waals surface area contributed by atoms with Gasteiger partial charge in [-0.05, 0) is 38.0 Å². The van der Waals surface area contributed by atoms with Crippen LogP contribution in [0.4, 0.5) is 0 Å². The van der Waals surface area contributed by atoms with Crippen LogP contribution in [0.5, 0.6) is 0 Å².